The molecule has 0 saturated carbocycles. The van der Waals surface area contributed by atoms with Gasteiger partial charge < -0.3 is 10.6 Å². The van der Waals surface area contributed by atoms with Crippen LogP contribution in [0.2, 0.25) is 15.1 Å². The van der Waals surface area contributed by atoms with Gasteiger partial charge in [0.1, 0.15) is 0 Å². The third-order valence-electron chi connectivity index (χ3n) is 4.78. The van der Waals surface area contributed by atoms with Crippen LogP contribution in [0.5, 0.6) is 0 Å². The number of likely N-dealkylation sites (tertiary alicyclic amines) is 1. The van der Waals surface area contributed by atoms with Gasteiger partial charge in [0, 0.05) is 49.2 Å². The molecule has 1 heterocycles. The molecule has 154 valence electrons. The maximum absolute atomic E-state index is 12.2. The fraction of sp³-hybridized carbons (Fsp3) is 0.333. The van der Waals surface area contributed by atoms with Crippen LogP contribution in [-0.2, 0) is 11.3 Å². The second kappa shape index (κ2) is 10.3. The van der Waals surface area contributed by atoms with Crippen molar-refractivity contribution in [2.24, 2.45) is 0 Å². The molecule has 0 spiro atoms. The lowest BCUT2D eigenvalue weighted by molar-refractivity contribution is -0.121. The van der Waals surface area contributed by atoms with Crippen molar-refractivity contribution in [3.63, 3.8) is 0 Å². The largest absolute Gasteiger partial charge is 0.352 e. The summed E-state index contributed by atoms with van der Waals surface area (Å²) in [5.41, 5.74) is 1.61. The molecule has 0 aromatic heterocycles. The molecule has 2 amide bonds. The molecular weight excluding hydrogens is 433 g/mol. The SMILES string of the molecule is O=C(CCNC(=O)c1ccc(Cl)c(Cl)c1)N[C@@H]1CCN(Cc2ccc(Cl)cc2)C1. The number of carbonyl (C=O) groups excluding carboxylic acids is 2. The Bertz CT molecular complexity index is 874. The Hall–Kier alpha value is -1.79. The predicted molar refractivity (Wildman–Crippen MR) is 117 cm³/mol. The summed E-state index contributed by atoms with van der Waals surface area (Å²) in [4.78, 5) is 26.6. The van der Waals surface area contributed by atoms with Crippen molar-refractivity contribution < 1.29 is 9.59 Å². The average molecular weight is 455 g/mol. The van der Waals surface area contributed by atoms with Crippen molar-refractivity contribution in [3.8, 4) is 0 Å². The van der Waals surface area contributed by atoms with E-state index in [0.717, 1.165) is 31.1 Å². The van der Waals surface area contributed by atoms with Gasteiger partial charge in [-0.05, 0) is 42.3 Å². The molecule has 0 aliphatic carbocycles. The van der Waals surface area contributed by atoms with E-state index in [4.69, 9.17) is 34.8 Å². The van der Waals surface area contributed by atoms with E-state index < -0.39 is 0 Å². The van der Waals surface area contributed by atoms with Gasteiger partial charge >= 0.3 is 0 Å². The Labute approximate surface area is 185 Å². The second-order valence-corrected chi connectivity index (χ2v) is 8.30. The molecule has 29 heavy (non-hydrogen) atoms. The first-order valence-corrected chi connectivity index (χ1v) is 10.5. The van der Waals surface area contributed by atoms with E-state index in [1.165, 1.54) is 11.6 Å². The summed E-state index contributed by atoms with van der Waals surface area (Å²) in [5, 5.41) is 7.21. The average Bonchev–Trinajstić information content (AvgIpc) is 3.12. The smallest absolute Gasteiger partial charge is 0.251 e. The quantitative estimate of drug-likeness (QED) is 0.660. The van der Waals surface area contributed by atoms with Crippen LogP contribution in [0.15, 0.2) is 42.5 Å². The van der Waals surface area contributed by atoms with Crippen LogP contribution < -0.4 is 10.6 Å². The number of nitrogens with zero attached hydrogens (tertiary/aromatic N) is 1. The van der Waals surface area contributed by atoms with Gasteiger partial charge in [0.15, 0.2) is 0 Å². The highest BCUT2D eigenvalue weighted by Gasteiger charge is 2.23. The lowest BCUT2D eigenvalue weighted by atomic mass is 10.2. The van der Waals surface area contributed by atoms with Crippen LogP contribution in [-0.4, -0.2) is 42.4 Å². The maximum atomic E-state index is 12.2. The van der Waals surface area contributed by atoms with Crippen molar-refractivity contribution in [1.82, 2.24) is 15.5 Å². The number of nitrogens with one attached hydrogen (secondary N) is 2. The van der Waals surface area contributed by atoms with E-state index in [2.05, 4.69) is 15.5 Å². The third kappa shape index (κ3) is 6.61. The van der Waals surface area contributed by atoms with Crippen molar-refractivity contribution in [3.05, 3.63) is 68.7 Å². The summed E-state index contributed by atoms with van der Waals surface area (Å²) in [6.07, 6.45) is 1.13. The van der Waals surface area contributed by atoms with Crippen LogP contribution in [0.3, 0.4) is 0 Å². The van der Waals surface area contributed by atoms with E-state index in [9.17, 15) is 9.59 Å². The second-order valence-electron chi connectivity index (χ2n) is 7.05. The van der Waals surface area contributed by atoms with Crippen LogP contribution in [0, 0.1) is 0 Å². The number of rotatable bonds is 7. The van der Waals surface area contributed by atoms with E-state index in [1.807, 2.05) is 24.3 Å². The summed E-state index contributed by atoms with van der Waals surface area (Å²) in [5.74, 6) is -0.357. The van der Waals surface area contributed by atoms with E-state index in [-0.39, 0.29) is 30.8 Å². The number of hydrogen-bond donors (Lipinski definition) is 2. The van der Waals surface area contributed by atoms with Gasteiger partial charge in [-0.15, -0.1) is 0 Å². The summed E-state index contributed by atoms with van der Waals surface area (Å²) < 4.78 is 0. The van der Waals surface area contributed by atoms with E-state index in [1.54, 1.807) is 12.1 Å². The zero-order valence-electron chi connectivity index (χ0n) is 15.8. The first-order valence-electron chi connectivity index (χ1n) is 9.40. The molecule has 2 N–H and O–H groups in total. The number of carbonyl (C=O) groups is 2. The molecule has 1 saturated heterocycles. The lowest BCUT2D eigenvalue weighted by Crippen LogP contribution is -2.38. The Balaban J connectivity index is 1.37. The molecule has 8 heteroatoms. The zero-order valence-corrected chi connectivity index (χ0v) is 18.0. The zero-order chi connectivity index (χ0) is 20.8. The normalized spacial score (nSPS) is 16.6. The van der Waals surface area contributed by atoms with Crippen molar-refractivity contribution in [2.45, 2.75) is 25.4 Å². The van der Waals surface area contributed by atoms with Crippen LogP contribution in [0.4, 0.5) is 0 Å². The van der Waals surface area contributed by atoms with Gasteiger partial charge in [-0.25, -0.2) is 0 Å². The highest BCUT2D eigenvalue weighted by molar-refractivity contribution is 6.42. The number of benzene rings is 2. The number of amides is 2. The van der Waals surface area contributed by atoms with Gasteiger partial charge in [0.2, 0.25) is 5.91 Å². The lowest BCUT2D eigenvalue weighted by Gasteiger charge is -2.17. The molecule has 1 fully saturated rings. The van der Waals surface area contributed by atoms with Crippen molar-refractivity contribution in [2.75, 3.05) is 19.6 Å². The highest BCUT2D eigenvalue weighted by atomic mass is 35.5. The maximum Gasteiger partial charge on any atom is 0.251 e. The number of hydrogen-bond acceptors (Lipinski definition) is 3. The molecule has 1 atom stereocenters. The molecule has 1 aliphatic rings. The van der Waals surface area contributed by atoms with Gasteiger partial charge in [-0.2, -0.15) is 0 Å². The molecule has 0 radical (unpaired) electrons. The molecule has 0 unspecified atom stereocenters. The third-order valence-corrected chi connectivity index (χ3v) is 5.77. The molecule has 1 aliphatic heterocycles. The number of halogens is 3. The Morgan fingerprint density at radius 2 is 1.79 bits per heavy atom. The van der Waals surface area contributed by atoms with E-state index in [0.29, 0.717) is 15.6 Å². The van der Waals surface area contributed by atoms with Crippen LogP contribution in [0.1, 0.15) is 28.8 Å². The predicted octanol–water partition coefficient (Wildman–Crippen LogP) is 4.16. The Morgan fingerprint density at radius 1 is 1.03 bits per heavy atom. The van der Waals surface area contributed by atoms with Gasteiger partial charge in [0.05, 0.1) is 10.0 Å². The summed E-state index contributed by atoms with van der Waals surface area (Å²) in [6, 6.07) is 12.6. The van der Waals surface area contributed by atoms with Gasteiger partial charge in [-0.3, -0.25) is 14.5 Å². The van der Waals surface area contributed by atoms with Crippen molar-refractivity contribution in [1.29, 1.82) is 0 Å². The minimum absolute atomic E-state index is 0.0715. The summed E-state index contributed by atoms with van der Waals surface area (Å²) in [7, 11) is 0. The monoisotopic (exact) mass is 453 g/mol. The molecule has 2 aromatic rings. The van der Waals surface area contributed by atoms with E-state index >= 15 is 0 Å². The summed E-state index contributed by atoms with van der Waals surface area (Å²) >= 11 is 17.7. The minimum Gasteiger partial charge on any atom is -0.352 e. The first kappa shape index (κ1) is 21.9. The Morgan fingerprint density at radius 3 is 2.52 bits per heavy atom. The standard InChI is InChI=1S/C21H22Cl3N3O2/c22-16-4-1-14(2-5-16)12-27-10-8-17(13-27)26-20(28)7-9-25-21(29)15-3-6-18(23)19(24)11-15/h1-6,11,17H,7-10,12-13H2,(H,25,29)(H,26,28)/t17-/m1/s1. The molecule has 5 nitrogen and oxygen atoms in total. The summed E-state index contributed by atoms with van der Waals surface area (Å²) in [6.45, 7) is 2.83. The fourth-order valence-electron chi connectivity index (χ4n) is 3.27. The Kier molecular flexibility index (Phi) is 7.78. The molecule has 0 bridgehead atoms. The van der Waals surface area contributed by atoms with Gasteiger partial charge in [0.25, 0.3) is 5.91 Å². The topological polar surface area (TPSA) is 61.4 Å². The van der Waals surface area contributed by atoms with Crippen LogP contribution >= 0.6 is 34.8 Å². The van der Waals surface area contributed by atoms with Gasteiger partial charge in [-0.1, -0.05) is 46.9 Å². The van der Waals surface area contributed by atoms with Crippen LogP contribution in [0.25, 0.3) is 0 Å². The minimum atomic E-state index is -0.286. The molecule has 3 rings (SSSR count). The molecule has 2 aromatic carbocycles. The highest BCUT2D eigenvalue weighted by Crippen LogP contribution is 2.22. The first-order chi connectivity index (χ1) is 13.9. The fourth-order valence-corrected chi connectivity index (χ4v) is 3.70. The van der Waals surface area contributed by atoms with Crippen molar-refractivity contribution >= 4 is 46.6 Å². The molecular formula is C21H22Cl3N3O2.